The second-order valence-corrected chi connectivity index (χ2v) is 17.7. The van der Waals surface area contributed by atoms with Crippen molar-refractivity contribution >= 4 is 38.6 Å². The maximum Gasteiger partial charge on any atom is 0.167 e. The van der Waals surface area contributed by atoms with E-state index < -0.39 is 0 Å². The van der Waals surface area contributed by atoms with E-state index in [9.17, 15) is 0 Å². The first-order chi connectivity index (χ1) is 27.5. The third-order valence-electron chi connectivity index (χ3n) is 9.38. The number of hydrogen-bond donors (Lipinski definition) is 0. The highest BCUT2D eigenvalue weighted by molar-refractivity contribution is 9.11. The molecule has 0 saturated carbocycles. The van der Waals surface area contributed by atoms with Crippen molar-refractivity contribution < 1.29 is 9.47 Å². The molecule has 0 unspecified atom stereocenters. The van der Waals surface area contributed by atoms with Crippen LogP contribution >= 0.6 is 38.6 Å². The van der Waals surface area contributed by atoms with Gasteiger partial charge in [0, 0.05) is 11.1 Å². The predicted molar refractivity (Wildman–Crippen MR) is 233 cm³/mol. The second kappa shape index (κ2) is 19.3. The van der Waals surface area contributed by atoms with Gasteiger partial charge in [-0.2, -0.15) is 0 Å². The molecule has 0 saturated heterocycles. The molecule has 0 aliphatic carbocycles. The third kappa shape index (κ3) is 10.00. The van der Waals surface area contributed by atoms with Gasteiger partial charge in [-0.1, -0.05) is 78.4 Å². The molecular weight excluding hydrogens is 817 g/mol. The van der Waals surface area contributed by atoms with E-state index in [1.807, 2.05) is 72.9 Å². The summed E-state index contributed by atoms with van der Waals surface area (Å²) >= 11 is 7.20. The van der Waals surface area contributed by atoms with Gasteiger partial charge in [0.25, 0.3) is 0 Å². The van der Waals surface area contributed by atoms with Gasteiger partial charge in [-0.25, -0.2) is 0 Å². The number of ether oxygens (including phenoxy) is 2. The van der Waals surface area contributed by atoms with Crippen LogP contribution in [0.1, 0.15) is 87.6 Å². The van der Waals surface area contributed by atoms with Crippen molar-refractivity contribution in [3.05, 3.63) is 126 Å². The van der Waals surface area contributed by atoms with Crippen LogP contribution in [0.5, 0.6) is 0 Å². The van der Waals surface area contributed by atoms with Crippen molar-refractivity contribution in [1.29, 1.82) is 0 Å². The molecule has 2 aliphatic heterocycles. The van der Waals surface area contributed by atoms with Crippen LogP contribution in [0.3, 0.4) is 0 Å². The van der Waals surface area contributed by atoms with Gasteiger partial charge >= 0.3 is 0 Å². The van der Waals surface area contributed by atoms with Crippen molar-refractivity contribution in [2.24, 2.45) is 0 Å². The number of benzene rings is 2. The first-order valence-electron chi connectivity index (χ1n) is 18.8. The van der Waals surface area contributed by atoms with Crippen LogP contribution in [0, 0.1) is 38.0 Å². The molecule has 0 spiro atoms. The van der Waals surface area contributed by atoms with E-state index in [1.165, 1.54) is 38.4 Å². The Morgan fingerprint density at radius 3 is 1.67 bits per heavy atom. The minimum Gasteiger partial charge on any atom is -0.366 e. The van der Waals surface area contributed by atoms with Crippen LogP contribution in [-0.4, -0.2) is 80.6 Å². The van der Waals surface area contributed by atoms with Gasteiger partial charge in [-0.3, -0.25) is 18.9 Å². The predicted octanol–water partition coefficient (Wildman–Crippen LogP) is 8.50. The zero-order chi connectivity index (χ0) is 40.6. The monoisotopic (exact) mass is 864 g/mol. The van der Waals surface area contributed by atoms with Crippen LogP contribution in [-0.2, 0) is 35.5 Å². The second-order valence-electron chi connectivity index (χ2n) is 14.4. The lowest BCUT2D eigenvalue weighted by Crippen LogP contribution is -2.10. The Balaban J connectivity index is 0.000000171. The van der Waals surface area contributed by atoms with Gasteiger partial charge < -0.3 is 9.47 Å². The number of aryl methyl sites for hydroxylation is 2. The lowest BCUT2D eigenvalue weighted by molar-refractivity contribution is 0.0492. The standard InChI is InChI=1S/C22H24N4OS.C17H16BrN3OS.C5H9N/c1-15-21-24-23-16(2)26(21)22-19(14-27-15)18(13-17-9-6-5-7-10-17)20(28-22)11-8-12-25(3)4;1-10-16-20-19-11(2)21(16)17-14(9-22-10)13(15(18)23-17)8-12-6-4-3-5-7-12;1-4-5-6(2)3/h5-7,9-10,15H,12-14H2,1-4H3;3-7,10H,8-9H2,1-2H3;1H,5H2,2-3H3/t15-;10-;/m00./s1. The molecule has 0 bridgehead atoms. The molecule has 0 N–H and O–H groups in total. The lowest BCUT2D eigenvalue weighted by Gasteiger charge is -2.09. The Kier molecular flexibility index (Phi) is 14.3. The molecule has 2 aliphatic rings. The van der Waals surface area contributed by atoms with Crippen LogP contribution in [0.2, 0.25) is 0 Å². The summed E-state index contributed by atoms with van der Waals surface area (Å²) in [5.74, 6) is 12.7. The molecule has 8 rings (SSSR count). The highest BCUT2D eigenvalue weighted by Crippen LogP contribution is 2.42. The maximum absolute atomic E-state index is 6.13. The maximum atomic E-state index is 6.13. The molecule has 2 atom stereocenters. The third-order valence-corrected chi connectivity index (χ3v) is 12.6. The summed E-state index contributed by atoms with van der Waals surface area (Å²) in [4.78, 5) is 5.13. The largest absolute Gasteiger partial charge is 0.366 e. The summed E-state index contributed by atoms with van der Waals surface area (Å²) in [6.07, 6.45) is 6.52. The van der Waals surface area contributed by atoms with Crippen molar-refractivity contribution in [3.8, 4) is 34.2 Å². The molecule has 0 amide bonds. The Hall–Kier alpha value is -4.44. The Bertz CT molecular complexity index is 2380. The number of fused-ring (bicyclic) bond motifs is 6. The fourth-order valence-electron chi connectivity index (χ4n) is 6.48. The van der Waals surface area contributed by atoms with Crippen LogP contribution in [0.4, 0.5) is 0 Å². The molecule has 10 nitrogen and oxygen atoms in total. The molecular formula is C44H49BrN8O2S2. The zero-order valence-electron chi connectivity index (χ0n) is 33.8. The van der Waals surface area contributed by atoms with Gasteiger partial charge in [-0.15, -0.1) is 49.5 Å². The van der Waals surface area contributed by atoms with Crippen molar-refractivity contribution in [1.82, 2.24) is 39.3 Å². The molecule has 0 fully saturated rings. The number of hydrogen-bond acceptors (Lipinski definition) is 10. The SMILES string of the molecule is C#CCN(C)C.Cc1nnc2n1-c1sc(Br)c(Cc3ccccc3)c1CO[C@H]2C.Cc1nnc2n1-c1sc(C#CCN(C)C)c(Cc3ccccc3)c1CO[C@H]2C. The lowest BCUT2D eigenvalue weighted by atomic mass is 10.0. The van der Waals surface area contributed by atoms with Crippen molar-refractivity contribution in [3.63, 3.8) is 0 Å². The van der Waals surface area contributed by atoms with Gasteiger partial charge in [0.15, 0.2) is 11.6 Å². The van der Waals surface area contributed by atoms with E-state index in [4.69, 9.17) is 15.9 Å². The zero-order valence-corrected chi connectivity index (χ0v) is 37.1. The number of halogens is 1. The average molecular weight is 866 g/mol. The number of rotatable bonds is 6. The van der Waals surface area contributed by atoms with E-state index in [2.05, 4.69) is 117 Å². The fraction of sp³-hybridized carbons (Fsp3) is 0.364. The number of nitrogens with zero attached hydrogens (tertiary/aromatic N) is 8. The molecule has 6 aromatic rings. The molecule has 6 heterocycles. The quantitative estimate of drug-likeness (QED) is 0.154. The summed E-state index contributed by atoms with van der Waals surface area (Å²) in [5.41, 5.74) is 7.56. The molecule has 2 aromatic carbocycles. The van der Waals surface area contributed by atoms with Gasteiger partial charge in [0.2, 0.25) is 0 Å². The fourth-order valence-corrected chi connectivity index (χ4v) is 9.68. The van der Waals surface area contributed by atoms with Gasteiger partial charge in [0.1, 0.15) is 33.9 Å². The molecule has 296 valence electrons. The normalized spacial score (nSPS) is 15.3. The summed E-state index contributed by atoms with van der Waals surface area (Å²) in [6.45, 7) is 10.7. The molecule has 0 radical (unpaired) electrons. The van der Waals surface area contributed by atoms with E-state index in [1.54, 1.807) is 22.7 Å². The van der Waals surface area contributed by atoms with E-state index >= 15 is 0 Å². The summed E-state index contributed by atoms with van der Waals surface area (Å²) < 4.78 is 17.6. The molecule has 57 heavy (non-hydrogen) atoms. The minimum atomic E-state index is -0.0892. The molecule has 4 aromatic heterocycles. The van der Waals surface area contributed by atoms with E-state index in [0.29, 0.717) is 13.2 Å². The van der Waals surface area contributed by atoms with E-state index in [0.717, 1.165) is 62.9 Å². The first kappa shape index (κ1) is 42.2. The van der Waals surface area contributed by atoms with Gasteiger partial charge in [0.05, 0.1) is 35.0 Å². The first-order valence-corrected chi connectivity index (χ1v) is 21.2. The number of terminal acetylenes is 1. The molecule has 13 heteroatoms. The topological polar surface area (TPSA) is 86.4 Å². The van der Waals surface area contributed by atoms with Crippen LogP contribution in [0.25, 0.3) is 10.0 Å². The summed E-state index contributed by atoms with van der Waals surface area (Å²) in [6, 6.07) is 21.1. The van der Waals surface area contributed by atoms with Crippen molar-refractivity contribution in [2.75, 3.05) is 41.3 Å². The van der Waals surface area contributed by atoms with E-state index in [-0.39, 0.29) is 12.2 Å². The minimum absolute atomic E-state index is 0.0563. The number of aromatic nitrogens is 6. The van der Waals surface area contributed by atoms with Crippen molar-refractivity contribution in [2.45, 2.75) is 66.0 Å². The van der Waals surface area contributed by atoms with Crippen LogP contribution < -0.4 is 0 Å². The Morgan fingerprint density at radius 2 is 1.19 bits per heavy atom. The summed E-state index contributed by atoms with van der Waals surface area (Å²) in [7, 11) is 7.95. The van der Waals surface area contributed by atoms with Gasteiger partial charge in [-0.05, 0) is 107 Å². The summed E-state index contributed by atoms with van der Waals surface area (Å²) in [5, 5.41) is 19.5. The van der Waals surface area contributed by atoms with Crippen LogP contribution in [0.15, 0.2) is 64.5 Å². The smallest absolute Gasteiger partial charge is 0.167 e. The Morgan fingerprint density at radius 1 is 0.719 bits per heavy atom. The number of thiophene rings is 2. The highest BCUT2D eigenvalue weighted by atomic mass is 79.9. The average Bonchev–Trinajstić information content (AvgIpc) is 3.89. The Labute approximate surface area is 353 Å². The highest BCUT2D eigenvalue weighted by Gasteiger charge is 2.30.